The number of pyridine rings is 2. The quantitative estimate of drug-likeness (QED) is 0.0537. The first-order valence-electron chi connectivity index (χ1n) is 18.9. The van der Waals surface area contributed by atoms with E-state index in [1.807, 2.05) is 58.9 Å². The van der Waals surface area contributed by atoms with Crippen LogP contribution >= 0.6 is 0 Å². The molecule has 0 unspecified atom stereocenters. The first-order valence-corrected chi connectivity index (χ1v) is 22.8. The predicted molar refractivity (Wildman–Crippen MR) is 200 cm³/mol. The van der Waals surface area contributed by atoms with Crippen LogP contribution < -0.4 is 9.47 Å². The molecule has 49 heavy (non-hydrogen) atoms. The molecular formula is C37H66N2O8Si2. The van der Waals surface area contributed by atoms with Gasteiger partial charge < -0.3 is 36.0 Å². The first kappa shape index (κ1) is 43.3. The van der Waals surface area contributed by atoms with Crippen LogP contribution in [-0.2, 0) is 26.6 Å². The molecule has 0 spiro atoms. The SMILES string of the molecule is CCO[Si](CCCCCCCCOc1ccnc(-c2cc(OCCCCCCCC[Si](OCC)(OCC)OCC)ccn2)c1)(OC)OCC. The Labute approximate surface area is 299 Å². The summed E-state index contributed by atoms with van der Waals surface area (Å²) in [5.41, 5.74) is 1.56. The normalized spacial score (nSPS) is 12.0. The van der Waals surface area contributed by atoms with E-state index in [2.05, 4.69) is 9.97 Å². The lowest BCUT2D eigenvalue weighted by atomic mass is 10.1. The van der Waals surface area contributed by atoms with Crippen LogP contribution in [0.2, 0.25) is 12.1 Å². The third kappa shape index (κ3) is 17.7. The Morgan fingerprint density at radius 2 is 0.816 bits per heavy atom. The molecule has 0 bridgehead atoms. The topological polar surface area (TPSA) is 99.6 Å². The number of hydrogen-bond donors (Lipinski definition) is 0. The van der Waals surface area contributed by atoms with E-state index in [4.69, 9.17) is 36.0 Å². The van der Waals surface area contributed by atoms with Gasteiger partial charge in [-0.05, 0) is 72.4 Å². The second-order valence-corrected chi connectivity index (χ2v) is 17.5. The minimum Gasteiger partial charge on any atom is -0.493 e. The lowest BCUT2D eigenvalue weighted by molar-refractivity contribution is 0.0706. The standard InChI is InChI=1S/C37H66N2O8Si2/c1-7-43-48(40-6,44-8-2)30-22-18-14-12-16-20-28-41-34-24-26-38-36(32-34)37-33-35(25-27-39-37)42-29-21-17-13-15-19-23-31-49(45-9-3,46-10-4)47-11-5/h24-27,32-33H,7-23,28-31H2,1-6H3. The zero-order chi connectivity index (χ0) is 35.5. The summed E-state index contributed by atoms with van der Waals surface area (Å²) in [6, 6.07) is 9.50. The largest absolute Gasteiger partial charge is 0.500 e. The van der Waals surface area contributed by atoms with Crippen molar-refractivity contribution in [3.8, 4) is 22.9 Å². The Hall–Kier alpha value is -1.91. The van der Waals surface area contributed by atoms with Gasteiger partial charge in [0.25, 0.3) is 0 Å². The summed E-state index contributed by atoms with van der Waals surface area (Å²) in [5, 5.41) is 0. The van der Waals surface area contributed by atoms with Crippen molar-refractivity contribution in [1.82, 2.24) is 9.97 Å². The Kier molecular flexibility index (Phi) is 23.7. The van der Waals surface area contributed by atoms with Gasteiger partial charge in [0.2, 0.25) is 0 Å². The molecule has 0 aliphatic carbocycles. The summed E-state index contributed by atoms with van der Waals surface area (Å²) in [4.78, 5) is 9.06. The van der Waals surface area contributed by atoms with E-state index in [-0.39, 0.29) is 0 Å². The van der Waals surface area contributed by atoms with Crippen molar-refractivity contribution in [1.29, 1.82) is 0 Å². The van der Waals surface area contributed by atoms with Crippen LogP contribution in [0.4, 0.5) is 0 Å². The van der Waals surface area contributed by atoms with Gasteiger partial charge in [0, 0.05) is 76.8 Å². The molecule has 10 nitrogen and oxygen atoms in total. The smallest absolute Gasteiger partial charge is 0.493 e. The van der Waals surface area contributed by atoms with E-state index in [1.54, 1.807) is 19.5 Å². The molecule has 0 aliphatic heterocycles. The fourth-order valence-corrected chi connectivity index (χ4v) is 10.9. The van der Waals surface area contributed by atoms with Gasteiger partial charge in [-0.2, -0.15) is 0 Å². The van der Waals surface area contributed by atoms with Crippen LogP contribution in [-0.4, -0.2) is 80.9 Å². The number of ether oxygens (including phenoxy) is 2. The molecule has 0 N–H and O–H groups in total. The highest BCUT2D eigenvalue weighted by Gasteiger charge is 2.40. The Balaban J connectivity index is 1.62. The van der Waals surface area contributed by atoms with Crippen LogP contribution in [0.5, 0.6) is 11.5 Å². The minimum absolute atomic E-state index is 0.628. The van der Waals surface area contributed by atoms with E-state index in [0.29, 0.717) is 46.2 Å². The Bertz CT molecular complexity index is 1080. The van der Waals surface area contributed by atoms with Crippen LogP contribution in [0.1, 0.15) is 112 Å². The molecule has 0 aromatic carbocycles. The van der Waals surface area contributed by atoms with Crippen molar-refractivity contribution in [2.75, 3.05) is 53.4 Å². The van der Waals surface area contributed by atoms with Gasteiger partial charge in [-0.15, -0.1) is 0 Å². The van der Waals surface area contributed by atoms with Gasteiger partial charge in [0.05, 0.1) is 24.6 Å². The van der Waals surface area contributed by atoms with Crippen molar-refractivity contribution >= 4 is 17.6 Å². The third-order valence-electron chi connectivity index (χ3n) is 8.15. The third-order valence-corrected chi connectivity index (χ3v) is 14.3. The zero-order valence-electron chi connectivity index (χ0n) is 31.5. The van der Waals surface area contributed by atoms with Gasteiger partial charge >= 0.3 is 17.6 Å². The highest BCUT2D eigenvalue weighted by molar-refractivity contribution is 6.61. The molecule has 0 saturated carbocycles. The van der Waals surface area contributed by atoms with E-state index in [9.17, 15) is 0 Å². The second kappa shape index (κ2) is 26.8. The molecule has 2 aromatic heterocycles. The summed E-state index contributed by atoms with van der Waals surface area (Å²) in [6.45, 7) is 14.5. The molecule has 12 heteroatoms. The molecule has 0 atom stereocenters. The lowest BCUT2D eigenvalue weighted by Gasteiger charge is -2.28. The molecule has 2 aromatic rings. The summed E-state index contributed by atoms with van der Waals surface area (Å²) < 4.78 is 47.4. The average Bonchev–Trinajstić information content (AvgIpc) is 3.11. The van der Waals surface area contributed by atoms with Crippen molar-refractivity contribution in [3.63, 3.8) is 0 Å². The molecule has 0 aliphatic rings. The minimum atomic E-state index is -2.51. The maximum atomic E-state index is 6.06. The molecule has 0 saturated heterocycles. The number of nitrogens with zero attached hydrogens (tertiary/aromatic N) is 2. The highest BCUT2D eigenvalue weighted by atomic mass is 28.4. The molecular weight excluding hydrogens is 657 g/mol. The van der Waals surface area contributed by atoms with Crippen molar-refractivity contribution in [2.24, 2.45) is 0 Å². The van der Waals surface area contributed by atoms with Gasteiger partial charge in [0.1, 0.15) is 11.5 Å². The van der Waals surface area contributed by atoms with Gasteiger partial charge in [0.15, 0.2) is 0 Å². The summed E-state index contributed by atoms with van der Waals surface area (Å²) in [5.74, 6) is 1.63. The molecule has 0 fully saturated rings. The predicted octanol–water partition coefficient (Wildman–Crippen LogP) is 9.29. The average molecular weight is 723 g/mol. The number of hydrogen-bond acceptors (Lipinski definition) is 10. The van der Waals surface area contributed by atoms with Crippen LogP contribution in [0.15, 0.2) is 36.7 Å². The number of unbranched alkanes of at least 4 members (excludes halogenated alkanes) is 10. The van der Waals surface area contributed by atoms with E-state index in [0.717, 1.165) is 86.3 Å². The Morgan fingerprint density at radius 1 is 0.469 bits per heavy atom. The Morgan fingerprint density at radius 3 is 1.20 bits per heavy atom. The van der Waals surface area contributed by atoms with Gasteiger partial charge in [-0.25, -0.2) is 0 Å². The second-order valence-electron chi connectivity index (χ2n) is 11.9. The van der Waals surface area contributed by atoms with Crippen molar-refractivity contribution in [3.05, 3.63) is 36.7 Å². The lowest BCUT2D eigenvalue weighted by Crippen LogP contribution is -2.45. The molecule has 0 amide bonds. The van der Waals surface area contributed by atoms with E-state index < -0.39 is 17.6 Å². The van der Waals surface area contributed by atoms with E-state index >= 15 is 0 Å². The van der Waals surface area contributed by atoms with Gasteiger partial charge in [-0.3, -0.25) is 9.97 Å². The monoisotopic (exact) mass is 722 g/mol. The number of rotatable bonds is 32. The van der Waals surface area contributed by atoms with Crippen LogP contribution in [0.25, 0.3) is 11.4 Å². The van der Waals surface area contributed by atoms with E-state index in [1.165, 1.54) is 25.7 Å². The first-order chi connectivity index (χ1) is 24.0. The summed E-state index contributed by atoms with van der Waals surface area (Å²) in [6.07, 6.45) is 17.1. The maximum Gasteiger partial charge on any atom is 0.500 e. The summed E-state index contributed by atoms with van der Waals surface area (Å²) in [7, 11) is -3.29. The van der Waals surface area contributed by atoms with Crippen LogP contribution in [0.3, 0.4) is 0 Å². The van der Waals surface area contributed by atoms with Gasteiger partial charge in [-0.1, -0.05) is 51.4 Å². The highest BCUT2D eigenvalue weighted by Crippen LogP contribution is 2.25. The number of aromatic nitrogens is 2. The zero-order valence-corrected chi connectivity index (χ0v) is 33.5. The molecule has 0 radical (unpaired) electrons. The fourth-order valence-electron chi connectivity index (χ4n) is 5.81. The van der Waals surface area contributed by atoms with Crippen LogP contribution in [0, 0.1) is 0 Å². The van der Waals surface area contributed by atoms with Crippen molar-refractivity contribution < 1.29 is 36.0 Å². The fraction of sp³-hybridized carbons (Fsp3) is 0.730. The summed E-state index contributed by atoms with van der Waals surface area (Å²) >= 11 is 0. The maximum absolute atomic E-state index is 6.06. The molecule has 2 heterocycles. The molecule has 2 rings (SSSR count). The van der Waals surface area contributed by atoms with Crippen molar-refractivity contribution in [2.45, 2.75) is 124 Å². The molecule has 280 valence electrons.